The number of unbranched alkanes of at least 4 members (excludes halogenated alkanes) is 1. The number of halogens is 1. The molecule has 0 aliphatic carbocycles. The van der Waals surface area contributed by atoms with Gasteiger partial charge in [-0.15, -0.1) is 0 Å². The summed E-state index contributed by atoms with van der Waals surface area (Å²) in [5.74, 6) is 0. The van der Waals surface area contributed by atoms with Crippen LogP contribution in [-0.2, 0) is 5.41 Å². The first-order chi connectivity index (χ1) is 11.6. The van der Waals surface area contributed by atoms with Gasteiger partial charge in [-0.3, -0.25) is 0 Å². The first kappa shape index (κ1) is 17.8. The Hall–Kier alpha value is -1.05. The van der Waals surface area contributed by atoms with Gasteiger partial charge in [0, 0.05) is 13.8 Å². The smallest absolute Gasteiger partial charge is 0.0479 e. The molecule has 2 aromatic carbocycles. The molecule has 0 nitrogen and oxygen atoms in total. The molecule has 0 unspecified atom stereocenters. The van der Waals surface area contributed by atoms with Crippen LogP contribution in [-0.4, -0.2) is 8.80 Å². The Morgan fingerprint density at radius 2 is 1.46 bits per heavy atom. The Morgan fingerprint density at radius 3 is 2.00 bits per heavy atom. The van der Waals surface area contributed by atoms with E-state index in [9.17, 15) is 0 Å². The van der Waals surface area contributed by atoms with Gasteiger partial charge in [0.15, 0.2) is 0 Å². The average Bonchev–Trinajstić information content (AvgIpc) is 2.62. The van der Waals surface area contributed by atoms with Gasteiger partial charge in [-0.25, -0.2) is 0 Å². The summed E-state index contributed by atoms with van der Waals surface area (Å²) >= 11 is 5.99. The van der Waals surface area contributed by atoms with Crippen LogP contribution in [0.1, 0.15) is 45.1 Å². The van der Waals surface area contributed by atoms with Crippen molar-refractivity contribution in [3.05, 3.63) is 59.1 Å². The fourth-order valence-corrected chi connectivity index (χ4v) is 7.37. The van der Waals surface area contributed by atoms with Crippen LogP contribution in [0, 0.1) is 0 Å². The molecule has 0 bridgehead atoms. The zero-order valence-corrected chi connectivity index (χ0v) is 16.7. The molecule has 3 rings (SSSR count). The molecule has 1 heterocycles. The summed E-state index contributed by atoms with van der Waals surface area (Å²) in [6, 6.07) is 21.9. The minimum absolute atomic E-state index is 0.0551. The highest BCUT2D eigenvalue weighted by Crippen LogP contribution is 2.41. The Labute approximate surface area is 153 Å². The van der Waals surface area contributed by atoms with Crippen LogP contribution >= 0.6 is 11.6 Å². The maximum Gasteiger partial charge on any atom is 0.0479 e. The molecule has 2 aromatic rings. The highest BCUT2D eigenvalue weighted by atomic mass is 35.5. The van der Waals surface area contributed by atoms with E-state index in [-0.39, 0.29) is 8.80 Å². The normalized spacial score (nSPS) is 17.8. The second-order valence-corrected chi connectivity index (χ2v) is 10.9. The van der Waals surface area contributed by atoms with Crippen LogP contribution in [0.25, 0.3) is 11.1 Å². The molecule has 1 radical (unpaired) electrons. The number of hydrogen-bond acceptors (Lipinski definition) is 0. The molecule has 0 saturated carbocycles. The molecule has 2 heteroatoms. The van der Waals surface area contributed by atoms with E-state index in [4.69, 9.17) is 11.6 Å². The highest BCUT2D eigenvalue weighted by molar-refractivity contribution is 6.59. The molecule has 0 aromatic heterocycles. The van der Waals surface area contributed by atoms with E-state index in [1.54, 1.807) is 0 Å². The molecule has 1 saturated heterocycles. The SMILES string of the molecule is CCCC[Si]1CCC(C)(c2ccc(-c3ccc(Cl)cc3)cc2)CC1. The van der Waals surface area contributed by atoms with E-state index in [1.807, 2.05) is 12.1 Å². The van der Waals surface area contributed by atoms with Crippen molar-refractivity contribution in [1.82, 2.24) is 0 Å². The third kappa shape index (κ3) is 4.13. The third-order valence-corrected chi connectivity index (χ3v) is 8.93. The summed E-state index contributed by atoms with van der Waals surface area (Å²) in [6.45, 7) is 4.79. The number of rotatable bonds is 5. The Morgan fingerprint density at radius 1 is 0.917 bits per heavy atom. The maximum absolute atomic E-state index is 5.99. The van der Waals surface area contributed by atoms with Gasteiger partial charge in [-0.2, -0.15) is 0 Å². The van der Waals surface area contributed by atoms with Crippen LogP contribution in [0.4, 0.5) is 0 Å². The molecule has 1 aliphatic rings. The van der Waals surface area contributed by atoms with Crippen molar-refractivity contribution < 1.29 is 0 Å². The van der Waals surface area contributed by atoms with Crippen molar-refractivity contribution in [1.29, 1.82) is 0 Å². The molecule has 24 heavy (non-hydrogen) atoms. The second kappa shape index (κ2) is 7.88. The lowest BCUT2D eigenvalue weighted by Gasteiger charge is -2.37. The van der Waals surface area contributed by atoms with Crippen molar-refractivity contribution >= 4 is 20.4 Å². The van der Waals surface area contributed by atoms with E-state index in [2.05, 4.69) is 50.2 Å². The first-order valence-electron chi connectivity index (χ1n) is 9.31. The van der Waals surface area contributed by atoms with Crippen molar-refractivity contribution in [2.24, 2.45) is 0 Å². The third-order valence-electron chi connectivity index (χ3n) is 5.70. The Kier molecular flexibility index (Phi) is 5.83. The predicted molar refractivity (Wildman–Crippen MR) is 109 cm³/mol. The van der Waals surface area contributed by atoms with Gasteiger partial charge in [0.1, 0.15) is 0 Å². The van der Waals surface area contributed by atoms with Crippen LogP contribution in [0.5, 0.6) is 0 Å². The van der Waals surface area contributed by atoms with Gasteiger partial charge in [-0.1, -0.05) is 92.8 Å². The Bertz CT molecular complexity index is 637. The molecular formula is C22H28ClSi. The second-order valence-electron chi connectivity index (χ2n) is 7.50. The van der Waals surface area contributed by atoms with Gasteiger partial charge in [-0.05, 0) is 47.1 Å². The number of benzene rings is 2. The summed E-state index contributed by atoms with van der Waals surface area (Å²) in [5.41, 5.74) is 4.43. The van der Waals surface area contributed by atoms with Gasteiger partial charge >= 0.3 is 0 Å². The van der Waals surface area contributed by atoms with Crippen LogP contribution < -0.4 is 0 Å². The van der Waals surface area contributed by atoms with E-state index in [0.29, 0.717) is 5.41 Å². The maximum atomic E-state index is 5.99. The molecule has 1 fully saturated rings. The Balaban J connectivity index is 1.68. The molecular weight excluding hydrogens is 328 g/mol. The van der Waals surface area contributed by atoms with E-state index in [0.717, 1.165) is 5.02 Å². The lowest BCUT2D eigenvalue weighted by atomic mass is 9.77. The molecule has 0 amide bonds. The first-order valence-corrected chi connectivity index (χ1v) is 11.8. The summed E-state index contributed by atoms with van der Waals surface area (Å²) < 4.78 is 0. The van der Waals surface area contributed by atoms with Crippen molar-refractivity contribution in [3.63, 3.8) is 0 Å². The predicted octanol–water partition coefficient (Wildman–Crippen LogP) is 7.35. The van der Waals surface area contributed by atoms with E-state index < -0.39 is 0 Å². The standard InChI is InChI=1S/C22H28ClSi/c1-3-4-15-24-16-13-22(2,14-17-24)20-9-5-18(6-10-20)19-7-11-21(23)12-8-19/h5-12H,3-4,13-17H2,1-2H3. The van der Waals surface area contributed by atoms with Crippen LogP contribution in [0.3, 0.4) is 0 Å². The summed E-state index contributed by atoms with van der Waals surface area (Å²) in [5, 5.41) is 0.797. The number of hydrogen-bond donors (Lipinski definition) is 0. The van der Waals surface area contributed by atoms with Crippen LogP contribution in [0.2, 0.25) is 23.2 Å². The fraction of sp³-hybridized carbons (Fsp3) is 0.455. The minimum Gasteiger partial charge on any atom is -0.0843 e. The lowest BCUT2D eigenvalue weighted by Crippen LogP contribution is -2.31. The minimum atomic E-state index is -0.0551. The van der Waals surface area contributed by atoms with Gasteiger partial charge in [0.25, 0.3) is 0 Å². The summed E-state index contributed by atoms with van der Waals surface area (Å²) in [7, 11) is -0.0551. The lowest BCUT2D eigenvalue weighted by molar-refractivity contribution is 0.418. The molecule has 0 N–H and O–H groups in total. The van der Waals surface area contributed by atoms with E-state index in [1.165, 1.54) is 60.5 Å². The van der Waals surface area contributed by atoms with Gasteiger partial charge in [0.2, 0.25) is 0 Å². The molecule has 0 spiro atoms. The summed E-state index contributed by atoms with van der Waals surface area (Å²) in [6.07, 6.45) is 5.56. The monoisotopic (exact) mass is 355 g/mol. The highest BCUT2D eigenvalue weighted by Gasteiger charge is 2.32. The molecule has 1 aliphatic heterocycles. The average molecular weight is 356 g/mol. The quantitative estimate of drug-likeness (QED) is 0.491. The largest absolute Gasteiger partial charge is 0.0843 e. The van der Waals surface area contributed by atoms with E-state index >= 15 is 0 Å². The zero-order valence-electron chi connectivity index (χ0n) is 14.9. The molecule has 127 valence electrons. The molecule has 0 atom stereocenters. The fourth-order valence-electron chi connectivity index (χ4n) is 3.83. The van der Waals surface area contributed by atoms with Crippen molar-refractivity contribution in [2.75, 3.05) is 0 Å². The van der Waals surface area contributed by atoms with Crippen molar-refractivity contribution in [3.8, 4) is 11.1 Å². The van der Waals surface area contributed by atoms with Crippen molar-refractivity contribution in [2.45, 2.75) is 63.1 Å². The zero-order chi connectivity index (χ0) is 17.0. The van der Waals surface area contributed by atoms with Gasteiger partial charge in [0.05, 0.1) is 0 Å². The van der Waals surface area contributed by atoms with Crippen LogP contribution in [0.15, 0.2) is 48.5 Å². The summed E-state index contributed by atoms with van der Waals surface area (Å²) in [4.78, 5) is 0. The van der Waals surface area contributed by atoms with Gasteiger partial charge < -0.3 is 0 Å². The topological polar surface area (TPSA) is 0 Å².